The fourth-order valence-electron chi connectivity index (χ4n) is 3.42. The molecule has 2 aromatic rings. The molecule has 0 spiro atoms. The van der Waals surface area contributed by atoms with Gasteiger partial charge >= 0.3 is 6.03 Å². The summed E-state index contributed by atoms with van der Waals surface area (Å²) in [6.45, 7) is 5.79. The predicted octanol–water partition coefficient (Wildman–Crippen LogP) is 3.85. The average Bonchev–Trinajstić information content (AvgIpc) is 3.08. The van der Waals surface area contributed by atoms with Gasteiger partial charge < -0.3 is 19.9 Å². The van der Waals surface area contributed by atoms with Crippen molar-refractivity contribution < 1.29 is 14.3 Å². The molecule has 156 valence electrons. The SMILES string of the molecule is CCOc1ccc(-c2nc(NC(=O)C3CCN(C(=O)N(C)C)CC3)sc2C)cc1. The molecule has 1 N–H and O–H groups in total. The molecule has 0 bridgehead atoms. The van der Waals surface area contributed by atoms with Crippen LogP contribution in [-0.4, -0.2) is 60.5 Å². The van der Waals surface area contributed by atoms with E-state index in [1.54, 1.807) is 23.9 Å². The Morgan fingerprint density at radius 3 is 2.48 bits per heavy atom. The molecule has 3 rings (SSSR count). The summed E-state index contributed by atoms with van der Waals surface area (Å²) in [6, 6.07) is 7.82. The lowest BCUT2D eigenvalue weighted by Gasteiger charge is -2.32. The Morgan fingerprint density at radius 2 is 1.90 bits per heavy atom. The summed E-state index contributed by atoms with van der Waals surface area (Å²) in [5.74, 6) is 0.713. The van der Waals surface area contributed by atoms with E-state index in [4.69, 9.17) is 4.74 Å². The van der Waals surface area contributed by atoms with Crippen molar-refractivity contribution in [1.29, 1.82) is 0 Å². The number of thiazole rings is 1. The number of aromatic nitrogens is 1. The highest BCUT2D eigenvalue weighted by Crippen LogP contribution is 2.32. The van der Waals surface area contributed by atoms with Crippen molar-refractivity contribution in [3.05, 3.63) is 29.1 Å². The highest BCUT2D eigenvalue weighted by atomic mass is 32.1. The lowest BCUT2D eigenvalue weighted by atomic mass is 9.96. The molecule has 0 unspecified atom stereocenters. The molecular formula is C21H28N4O3S. The summed E-state index contributed by atoms with van der Waals surface area (Å²) >= 11 is 1.48. The number of rotatable bonds is 5. The Labute approximate surface area is 175 Å². The molecule has 1 fully saturated rings. The van der Waals surface area contributed by atoms with E-state index in [1.807, 2.05) is 38.1 Å². The van der Waals surface area contributed by atoms with E-state index >= 15 is 0 Å². The Morgan fingerprint density at radius 1 is 1.24 bits per heavy atom. The number of carbonyl (C=O) groups is 2. The molecule has 0 aliphatic carbocycles. The largest absolute Gasteiger partial charge is 0.494 e. The van der Waals surface area contributed by atoms with Crippen LogP contribution in [0.5, 0.6) is 5.75 Å². The molecule has 29 heavy (non-hydrogen) atoms. The summed E-state index contributed by atoms with van der Waals surface area (Å²) in [7, 11) is 3.49. The first-order valence-corrected chi connectivity index (χ1v) is 10.7. The molecule has 7 nitrogen and oxygen atoms in total. The van der Waals surface area contributed by atoms with Crippen LogP contribution in [0.25, 0.3) is 11.3 Å². The topological polar surface area (TPSA) is 74.8 Å². The number of anilines is 1. The number of ether oxygens (including phenoxy) is 1. The van der Waals surface area contributed by atoms with Crippen LogP contribution in [0.3, 0.4) is 0 Å². The predicted molar refractivity (Wildman–Crippen MR) is 115 cm³/mol. The van der Waals surface area contributed by atoms with E-state index in [9.17, 15) is 9.59 Å². The first-order chi connectivity index (χ1) is 13.9. The van der Waals surface area contributed by atoms with Crippen molar-refractivity contribution in [1.82, 2.24) is 14.8 Å². The number of hydrogen-bond acceptors (Lipinski definition) is 5. The van der Waals surface area contributed by atoms with Gasteiger partial charge in [0.25, 0.3) is 0 Å². The molecule has 0 radical (unpaired) electrons. The molecular weight excluding hydrogens is 388 g/mol. The molecule has 1 aromatic carbocycles. The van der Waals surface area contributed by atoms with Crippen LogP contribution in [0.15, 0.2) is 24.3 Å². The van der Waals surface area contributed by atoms with E-state index in [0.29, 0.717) is 37.7 Å². The summed E-state index contributed by atoms with van der Waals surface area (Å²) in [5.41, 5.74) is 1.87. The molecule has 0 atom stereocenters. The fraction of sp³-hybridized carbons (Fsp3) is 0.476. The number of nitrogens with one attached hydrogen (secondary N) is 1. The number of hydrogen-bond donors (Lipinski definition) is 1. The van der Waals surface area contributed by atoms with E-state index in [2.05, 4.69) is 10.3 Å². The Hall–Kier alpha value is -2.61. The van der Waals surface area contributed by atoms with Gasteiger partial charge in [0, 0.05) is 43.5 Å². The summed E-state index contributed by atoms with van der Waals surface area (Å²) in [5, 5.41) is 3.59. The third-order valence-electron chi connectivity index (χ3n) is 4.98. The van der Waals surface area contributed by atoms with Crippen molar-refractivity contribution in [3.8, 4) is 17.0 Å². The normalized spacial score (nSPS) is 14.6. The van der Waals surface area contributed by atoms with Gasteiger partial charge in [-0.25, -0.2) is 9.78 Å². The van der Waals surface area contributed by atoms with Crippen LogP contribution in [-0.2, 0) is 4.79 Å². The number of piperidine rings is 1. The Kier molecular flexibility index (Phi) is 6.74. The highest BCUT2D eigenvalue weighted by Gasteiger charge is 2.28. The lowest BCUT2D eigenvalue weighted by molar-refractivity contribution is -0.121. The van der Waals surface area contributed by atoms with Gasteiger partial charge in [-0.1, -0.05) is 0 Å². The molecule has 1 saturated heterocycles. The van der Waals surface area contributed by atoms with Gasteiger partial charge in [0.05, 0.1) is 12.3 Å². The highest BCUT2D eigenvalue weighted by molar-refractivity contribution is 7.16. The number of amides is 3. The Balaban J connectivity index is 1.60. The summed E-state index contributed by atoms with van der Waals surface area (Å²) < 4.78 is 5.49. The zero-order chi connectivity index (χ0) is 21.0. The third-order valence-corrected chi connectivity index (χ3v) is 5.87. The van der Waals surface area contributed by atoms with E-state index < -0.39 is 0 Å². The number of benzene rings is 1. The molecule has 1 aliphatic rings. The number of carbonyl (C=O) groups excluding carboxylic acids is 2. The second-order valence-corrected chi connectivity index (χ2v) is 8.51. The first-order valence-electron chi connectivity index (χ1n) is 9.86. The van der Waals surface area contributed by atoms with Crippen molar-refractivity contribution in [2.24, 2.45) is 5.92 Å². The maximum atomic E-state index is 12.7. The molecule has 2 heterocycles. The van der Waals surface area contributed by atoms with Gasteiger partial charge in [-0.2, -0.15) is 0 Å². The summed E-state index contributed by atoms with van der Waals surface area (Å²) in [6.07, 6.45) is 1.34. The van der Waals surface area contributed by atoms with E-state index in [0.717, 1.165) is 21.9 Å². The molecule has 1 aromatic heterocycles. The first kappa shape index (κ1) is 21.1. The standard InChI is InChI=1S/C21H28N4O3S/c1-5-28-17-8-6-15(7-9-17)18-14(2)29-20(22-18)23-19(26)16-10-12-25(13-11-16)21(27)24(3)4/h6-9,16H,5,10-13H2,1-4H3,(H,22,23,26). The van der Waals surface area contributed by atoms with Gasteiger partial charge in [0.15, 0.2) is 5.13 Å². The molecule has 8 heteroatoms. The maximum absolute atomic E-state index is 12.7. The minimum atomic E-state index is -0.0978. The van der Waals surface area contributed by atoms with Gasteiger partial charge in [-0.15, -0.1) is 11.3 Å². The van der Waals surface area contributed by atoms with Crippen LogP contribution in [0.2, 0.25) is 0 Å². The van der Waals surface area contributed by atoms with Crippen LogP contribution in [0.4, 0.5) is 9.93 Å². The van der Waals surface area contributed by atoms with Crippen LogP contribution in [0, 0.1) is 12.8 Å². The summed E-state index contributed by atoms with van der Waals surface area (Å²) in [4.78, 5) is 33.8. The Bertz CT molecular complexity index is 855. The van der Waals surface area contributed by atoms with Crippen LogP contribution < -0.4 is 10.1 Å². The second-order valence-electron chi connectivity index (χ2n) is 7.31. The van der Waals surface area contributed by atoms with Crippen molar-refractivity contribution in [2.45, 2.75) is 26.7 Å². The number of urea groups is 1. The number of aryl methyl sites for hydroxylation is 1. The molecule has 1 aliphatic heterocycles. The lowest BCUT2D eigenvalue weighted by Crippen LogP contribution is -2.45. The minimum Gasteiger partial charge on any atom is -0.494 e. The van der Waals surface area contributed by atoms with Gasteiger partial charge in [0.2, 0.25) is 5.91 Å². The van der Waals surface area contributed by atoms with Gasteiger partial charge in [-0.3, -0.25) is 4.79 Å². The van der Waals surface area contributed by atoms with Crippen molar-refractivity contribution in [2.75, 3.05) is 39.1 Å². The zero-order valence-corrected chi connectivity index (χ0v) is 18.2. The maximum Gasteiger partial charge on any atom is 0.319 e. The molecule has 3 amide bonds. The van der Waals surface area contributed by atoms with Gasteiger partial charge in [-0.05, 0) is 51.0 Å². The quantitative estimate of drug-likeness (QED) is 0.803. The number of likely N-dealkylation sites (tertiary alicyclic amines) is 1. The zero-order valence-electron chi connectivity index (χ0n) is 17.4. The van der Waals surface area contributed by atoms with Crippen molar-refractivity contribution >= 4 is 28.4 Å². The van der Waals surface area contributed by atoms with Crippen LogP contribution >= 0.6 is 11.3 Å². The second kappa shape index (κ2) is 9.26. The van der Waals surface area contributed by atoms with E-state index in [1.165, 1.54) is 11.3 Å². The molecule has 0 saturated carbocycles. The third kappa shape index (κ3) is 5.06. The van der Waals surface area contributed by atoms with E-state index in [-0.39, 0.29) is 17.9 Å². The average molecular weight is 417 g/mol. The monoisotopic (exact) mass is 416 g/mol. The number of nitrogens with zero attached hydrogens (tertiary/aromatic N) is 3. The minimum absolute atomic E-state index is 0.000552. The van der Waals surface area contributed by atoms with Gasteiger partial charge in [0.1, 0.15) is 5.75 Å². The van der Waals surface area contributed by atoms with Crippen molar-refractivity contribution in [3.63, 3.8) is 0 Å². The fourth-order valence-corrected chi connectivity index (χ4v) is 4.26. The smallest absolute Gasteiger partial charge is 0.319 e. The van der Waals surface area contributed by atoms with Crippen LogP contribution in [0.1, 0.15) is 24.6 Å².